The Hall–Kier alpha value is -2.48. The molecule has 8 heteroatoms. The molecule has 8 nitrogen and oxygen atoms in total. The standard InChI is InChI=1S/C14H20N6O2/c1-4-5-11(15)14(21)16-10-6-7-13(22-3)12(8-10)20-9(2)17-18-19-20/h6-8,11H,4-5,15H2,1-3H3,(H,16,21). The summed E-state index contributed by atoms with van der Waals surface area (Å²) < 4.78 is 6.86. The molecule has 1 unspecified atom stereocenters. The number of benzene rings is 1. The number of hydrogen-bond donors (Lipinski definition) is 2. The first-order valence-electron chi connectivity index (χ1n) is 7.06. The fraction of sp³-hybridized carbons (Fsp3) is 0.429. The first-order chi connectivity index (χ1) is 10.6. The summed E-state index contributed by atoms with van der Waals surface area (Å²) in [6.45, 7) is 3.76. The number of ether oxygens (including phenoxy) is 1. The van der Waals surface area contributed by atoms with Crippen molar-refractivity contribution in [1.82, 2.24) is 20.2 Å². The summed E-state index contributed by atoms with van der Waals surface area (Å²) in [6, 6.07) is 4.72. The van der Waals surface area contributed by atoms with E-state index in [0.29, 0.717) is 29.4 Å². The predicted octanol–water partition coefficient (Wildman–Crippen LogP) is 1.05. The Morgan fingerprint density at radius 1 is 1.50 bits per heavy atom. The molecule has 0 fully saturated rings. The number of aryl methyl sites for hydroxylation is 1. The third kappa shape index (κ3) is 3.40. The van der Waals surface area contributed by atoms with Gasteiger partial charge < -0.3 is 15.8 Å². The van der Waals surface area contributed by atoms with E-state index in [-0.39, 0.29) is 5.91 Å². The number of rotatable bonds is 6. The van der Waals surface area contributed by atoms with Gasteiger partial charge in [0.2, 0.25) is 5.91 Å². The maximum atomic E-state index is 12.0. The van der Waals surface area contributed by atoms with Gasteiger partial charge in [0.05, 0.1) is 13.2 Å². The minimum atomic E-state index is -0.523. The quantitative estimate of drug-likeness (QED) is 0.825. The van der Waals surface area contributed by atoms with Gasteiger partial charge in [0.15, 0.2) is 5.82 Å². The molecule has 1 heterocycles. The number of methoxy groups -OCH3 is 1. The summed E-state index contributed by atoms with van der Waals surface area (Å²) >= 11 is 0. The molecule has 118 valence electrons. The molecule has 0 aliphatic heterocycles. The molecule has 2 rings (SSSR count). The molecule has 1 atom stereocenters. The Kier molecular flexibility index (Phi) is 5.05. The monoisotopic (exact) mass is 304 g/mol. The summed E-state index contributed by atoms with van der Waals surface area (Å²) in [6.07, 6.45) is 1.49. The summed E-state index contributed by atoms with van der Waals surface area (Å²) in [4.78, 5) is 12.0. The number of nitrogens with one attached hydrogen (secondary N) is 1. The maximum absolute atomic E-state index is 12.0. The molecule has 2 aromatic rings. The number of tetrazole rings is 1. The summed E-state index contributed by atoms with van der Waals surface area (Å²) in [5, 5.41) is 14.2. The summed E-state index contributed by atoms with van der Waals surface area (Å²) in [7, 11) is 1.56. The van der Waals surface area contributed by atoms with Gasteiger partial charge in [0, 0.05) is 5.69 Å². The van der Waals surface area contributed by atoms with Crippen LogP contribution in [-0.4, -0.2) is 39.3 Å². The second-order valence-corrected chi connectivity index (χ2v) is 4.91. The molecule has 1 amide bonds. The van der Waals surface area contributed by atoms with Crippen molar-refractivity contribution >= 4 is 11.6 Å². The van der Waals surface area contributed by atoms with Crippen LogP contribution in [0.2, 0.25) is 0 Å². The van der Waals surface area contributed by atoms with Crippen LogP contribution in [0.25, 0.3) is 5.69 Å². The van der Waals surface area contributed by atoms with Gasteiger partial charge in [-0.25, -0.2) is 0 Å². The van der Waals surface area contributed by atoms with Crippen molar-refractivity contribution in [3.63, 3.8) is 0 Å². The van der Waals surface area contributed by atoms with Gasteiger partial charge in [-0.15, -0.1) is 5.10 Å². The predicted molar refractivity (Wildman–Crippen MR) is 82.0 cm³/mol. The van der Waals surface area contributed by atoms with Gasteiger partial charge in [-0.3, -0.25) is 4.79 Å². The Morgan fingerprint density at radius 3 is 2.86 bits per heavy atom. The molecule has 0 bridgehead atoms. The summed E-state index contributed by atoms with van der Waals surface area (Å²) in [5.41, 5.74) is 7.07. The van der Waals surface area contributed by atoms with E-state index in [2.05, 4.69) is 20.8 Å². The van der Waals surface area contributed by atoms with E-state index in [9.17, 15) is 4.79 Å². The van der Waals surface area contributed by atoms with E-state index >= 15 is 0 Å². The molecule has 1 aromatic heterocycles. The number of carbonyl (C=O) groups is 1. The minimum Gasteiger partial charge on any atom is -0.494 e. The molecular weight excluding hydrogens is 284 g/mol. The number of amides is 1. The van der Waals surface area contributed by atoms with Gasteiger partial charge in [0.1, 0.15) is 11.4 Å². The molecular formula is C14H20N6O2. The van der Waals surface area contributed by atoms with E-state index < -0.39 is 6.04 Å². The highest BCUT2D eigenvalue weighted by Crippen LogP contribution is 2.26. The van der Waals surface area contributed by atoms with Crippen LogP contribution in [-0.2, 0) is 4.79 Å². The van der Waals surface area contributed by atoms with Gasteiger partial charge in [-0.2, -0.15) is 4.68 Å². The Balaban J connectivity index is 2.28. The lowest BCUT2D eigenvalue weighted by Crippen LogP contribution is -2.35. The number of hydrogen-bond acceptors (Lipinski definition) is 6. The average molecular weight is 304 g/mol. The van der Waals surface area contributed by atoms with E-state index in [1.165, 1.54) is 0 Å². The first kappa shape index (κ1) is 15.9. The van der Waals surface area contributed by atoms with Crippen molar-refractivity contribution in [2.75, 3.05) is 12.4 Å². The molecule has 0 aliphatic carbocycles. The number of aromatic nitrogens is 4. The van der Waals surface area contributed by atoms with Crippen molar-refractivity contribution in [3.05, 3.63) is 24.0 Å². The van der Waals surface area contributed by atoms with Crippen LogP contribution in [0.15, 0.2) is 18.2 Å². The third-order valence-electron chi connectivity index (χ3n) is 3.24. The van der Waals surface area contributed by atoms with Gasteiger partial charge in [-0.1, -0.05) is 13.3 Å². The third-order valence-corrected chi connectivity index (χ3v) is 3.24. The zero-order valence-corrected chi connectivity index (χ0v) is 12.9. The molecule has 0 spiro atoms. The zero-order valence-electron chi connectivity index (χ0n) is 12.9. The minimum absolute atomic E-state index is 0.216. The number of carbonyl (C=O) groups excluding carboxylic acids is 1. The Bertz CT molecular complexity index is 655. The smallest absolute Gasteiger partial charge is 0.241 e. The van der Waals surface area contributed by atoms with E-state index in [4.69, 9.17) is 10.5 Å². The molecule has 1 aromatic carbocycles. The molecule has 22 heavy (non-hydrogen) atoms. The second kappa shape index (κ2) is 6.99. The van der Waals surface area contributed by atoms with Crippen molar-refractivity contribution in [2.24, 2.45) is 5.73 Å². The molecule has 0 radical (unpaired) electrons. The van der Waals surface area contributed by atoms with Crippen LogP contribution >= 0.6 is 0 Å². The zero-order chi connectivity index (χ0) is 16.1. The molecule has 0 saturated heterocycles. The van der Waals surface area contributed by atoms with Gasteiger partial charge >= 0.3 is 0 Å². The van der Waals surface area contributed by atoms with Crippen molar-refractivity contribution < 1.29 is 9.53 Å². The van der Waals surface area contributed by atoms with Crippen molar-refractivity contribution in [3.8, 4) is 11.4 Å². The van der Waals surface area contributed by atoms with Crippen LogP contribution in [0.4, 0.5) is 5.69 Å². The van der Waals surface area contributed by atoms with Gasteiger partial charge in [0.25, 0.3) is 0 Å². The van der Waals surface area contributed by atoms with Crippen LogP contribution in [0.3, 0.4) is 0 Å². The second-order valence-electron chi connectivity index (χ2n) is 4.91. The molecule has 3 N–H and O–H groups in total. The lowest BCUT2D eigenvalue weighted by atomic mass is 10.1. The summed E-state index contributed by atoms with van der Waals surface area (Å²) in [5.74, 6) is 1.00. The van der Waals surface area contributed by atoms with Crippen molar-refractivity contribution in [2.45, 2.75) is 32.7 Å². The van der Waals surface area contributed by atoms with Crippen LogP contribution in [0.1, 0.15) is 25.6 Å². The van der Waals surface area contributed by atoms with Crippen LogP contribution < -0.4 is 15.8 Å². The molecule has 0 saturated carbocycles. The SMILES string of the molecule is CCCC(N)C(=O)Nc1ccc(OC)c(-n2nnnc2C)c1. The van der Waals surface area contributed by atoms with Crippen LogP contribution in [0, 0.1) is 6.92 Å². The fourth-order valence-electron chi connectivity index (χ4n) is 2.06. The lowest BCUT2D eigenvalue weighted by molar-refractivity contribution is -0.117. The van der Waals surface area contributed by atoms with Crippen molar-refractivity contribution in [1.29, 1.82) is 0 Å². The average Bonchev–Trinajstić information content (AvgIpc) is 2.93. The number of anilines is 1. The topological polar surface area (TPSA) is 108 Å². The maximum Gasteiger partial charge on any atom is 0.241 e. The Labute approximate surface area is 128 Å². The lowest BCUT2D eigenvalue weighted by Gasteiger charge is -2.14. The van der Waals surface area contributed by atoms with Gasteiger partial charge in [-0.05, 0) is 42.0 Å². The Morgan fingerprint density at radius 2 is 2.27 bits per heavy atom. The fourth-order valence-corrected chi connectivity index (χ4v) is 2.06. The molecule has 0 aliphatic rings. The van der Waals surface area contributed by atoms with E-state index in [1.807, 2.05) is 6.92 Å². The number of nitrogens with zero attached hydrogens (tertiary/aromatic N) is 4. The number of nitrogens with two attached hydrogens (primary N) is 1. The van der Waals surface area contributed by atoms with E-state index in [1.54, 1.807) is 36.9 Å². The largest absolute Gasteiger partial charge is 0.494 e. The normalized spacial score (nSPS) is 12.0. The highest BCUT2D eigenvalue weighted by Gasteiger charge is 2.15. The van der Waals surface area contributed by atoms with Crippen LogP contribution in [0.5, 0.6) is 5.75 Å². The van der Waals surface area contributed by atoms with E-state index in [0.717, 1.165) is 6.42 Å². The first-order valence-corrected chi connectivity index (χ1v) is 7.06. The highest BCUT2D eigenvalue weighted by atomic mass is 16.5. The highest BCUT2D eigenvalue weighted by molar-refractivity contribution is 5.95.